The van der Waals surface area contributed by atoms with Gasteiger partial charge in [-0.25, -0.2) is 4.98 Å². The normalized spacial score (nSPS) is 13.7. The van der Waals surface area contributed by atoms with E-state index in [1.54, 1.807) is 0 Å². The third-order valence-corrected chi connectivity index (χ3v) is 6.14. The molecule has 0 aliphatic carbocycles. The van der Waals surface area contributed by atoms with Crippen molar-refractivity contribution in [2.75, 3.05) is 11.4 Å². The summed E-state index contributed by atoms with van der Waals surface area (Å²) in [5, 5.41) is 1.30. The summed E-state index contributed by atoms with van der Waals surface area (Å²) in [7, 11) is 0. The molecular weight excluding hydrogens is 342 g/mol. The van der Waals surface area contributed by atoms with Gasteiger partial charge in [0.2, 0.25) is 0 Å². The van der Waals surface area contributed by atoms with E-state index in [-0.39, 0.29) is 0 Å². The van der Waals surface area contributed by atoms with Crippen LogP contribution >= 0.6 is 0 Å². The van der Waals surface area contributed by atoms with Crippen LogP contribution in [0.15, 0.2) is 66.9 Å². The minimum absolute atomic E-state index is 0.892. The summed E-state index contributed by atoms with van der Waals surface area (Å²) in [6, 6.07) is 21.7. The van der Waals surface area contributed by atoms with Crippen LogP contribution in [0.25, 0.3) is 10.9 Å². The summed E-state index contributed by atoms with van der Waals surface area (Å²) in [5.41, 5.74) is 8.17. The molecule has 5 rings (SSSR count). The van der Waals surface area contributed by atoms with E-state index in [2.05, 4.69) is 84.0 Å². The van der Waals surface area contributed by atoms with Crippen LogP contribution in [0.2, 0.25) is 0 Å². The van der Waals surface area contributed by atoms with E-state index in [1.165, 1.54) is 38.9 Å². The number of pyridine rings is 1. The highest BCUT2D eigenvalue weighted by Crippen LogP contribution is 2.34. The smallest absolute Gasteiger partial charge is 0.138 e. The minimum atomic E-state index is 0.892. The predicted octanol–water partition coefficient (Wildman–Crippen LogP) is 5.26. The maximum atomic E-state index is 4.84. The summed E-state index contributed by atoms with van der Waals surface area (Å²) in [5.74, 6) is 1.12. The monoisotopic (exact) mass is 367 g/mol. The van der Waals surface area contributed by atoms with E-state index in [4.69, 9.17) is 4.98 Å². The molecule has 0 fully saturated rings. The molecule has 2 aromatic carbocycles. The van der Waals surface area contributed by atoms with E-state index in [0.29, 0.717) is 0 Å². The highest BCUT2D eigenvalue weighted by molar-refractivity contribution is 5.95. The molecule has 28 heavy (non-hydrogen) atoms. The zero-order chi connectivity index (χ0) is 19.1. The fourth-order valence-corrected chi connectivity index (χ4v) is 4.48. The molecule has 3 heteroatoms. The van der Waals surface area contributed by atoms with Gasteiger partial charge in [-0.3, -0.25) is 0 Å². The van der Waals surface area contributed by atoms with Crippen molar-refractivity contribution in [3.05, 3.63) is 94.8 Å². The van der Waals surface area contributed by atoms with Crippen LogP contribution in [-0.2, 0) is 19.5 Å². The first-order valence-electron chi connectivity index (χ1n) is 10.0. The van der Waals surface area contributed by atoms with E-state index < -0.39 is 0 Å². The maximum Gasteiger partial charge on any atom is 0.138 e. The number of anilines is 1. The summed E-state index contributed by atoms with van der Waals surface area (Å²) in [4.78, 5) is 7.29. The Morgan fingerprint density at radius 2 is 1.64 bits per heavy atom. The molecule has 2 aromatic heterocycles. The molecule has 0 N–H and O–H groups in total. The first-order chi connectivity index (χ1) is 13.7. The number of nitrogens with zero attached hydrogens (tertiary/aromatic N) is 3. The van der Waals surface area contributed by atoms with Gasteiger partial charge in [0.05, 0.1) is 5.52 Å². The lowest BCUT2D eigenvalue weighted by molar-refractivity contribution is 0.724. The van der Waals surface area contributed by atoms with Crippen molar-refractivity contribution in [2.45, 2.75) is 33.4 Å². The Labute approximate surface area is 166 Å². The number of hydrogen-bond donors (Lipinski definition) is 0. The van der Waals surface area contributed by atoms with Crippen LogP contribution in [-0.4, -0.2) is 16.1 Å². The lowest BCUT2D eigenvalue weighted by Gasteiger charge is -2.30. The van der Waals surface area contributed by atoms with Crippen LogP contribution in [0, 0.1) is 13.8 Å². The molecule has 0 saturated carbocycles. The van der Waals surface area contributed by atoms with Gasteiger partial charge >= 0.3 is 0 Å². The molecule has 0 spiro atoms. The second kappa shape index (κ2) is 6.83. The number of hydrogen-bond acceptors (Lipinski definition) is 2. The molecular formula is C25H25N3. The van der Waals surface area contributed by atoms with Gasteiger partial charge in [0, 0.05) is 36.9 Å². The highest BCUT2D eigenvalue weighted by Gasteiger charge is 2.22. The minimum Gasteiger partial charge on any atom is -0.351 e. The average Bonchev–Trinajstić information content (AvgIpc) is 2.99. The predicted molar refractivity (Wildman–Crippen MR) is 116 cm³/mol. The first kappa shape index (κ1) is 17.1. The molecule has 0 amide bonds. The Bertz CT molecular complexity index is 1140. The first-order valence-corrected chi connectivity index (χ1v) is 10.0. The van der Waals surface area contributed by atoms with Crippen molar-refractivity contribution < 1.29 is 0 Å². The third kappa shape index (κ3) is 2.78. The van der Waals surface area contributed by atoms with Crippen LogP contribution in [0.4, 0.5) is 5.82 Å². The molecule has 0 unspecified atom stereocenters. The molecule has 140 valence electrons. The van der Waals surface area contributed by atoms with Crippen molar-refractivity contribution in [1.29, 1.82) is 0 Å². The van der Waals surface area contributed by atoms with Crippen molar-refractivity contribution in [3.63, 3.8) is 0 Å². The third-order valence-electron chi connectivity index (χ3n) is 6.14. The zero-order valence-corrected chi connectivity index (χ0v) is 16.5. The molecule has 1 aliphatic heterocycles. The molecule has 0 bridgehead atoms. The van der Waals surface area contributed by atoms with Crippen LogP contribution in [0.3, 0.4) is 0 Å². The van der Waals surface area contributed by atoms with Gasteiger partial charge in [-0.05, 0) is 48.6 Å². The van der Waals surface area contributed by atoms with Gasteiger partial charge in [-0.1, -0.05) is 54.6 Å². The molecule has 1 aliphatic rings. The number of benzene rings is 2. The largest absolute Gasteiger partial charge is 0.351 e. The van der Waals surface area contributed by atoms with Gasteiger partial charge in [0.15, 0.2) is 0 Å². The Balaban J connectivity index is 1.59. The quantitative estimate of drug-likeness (QED) is 0.492. The van der Waals surface area contributed by atoms with Gasteiger partial charge in [-0.15, -0.1) is 0 Å². The average molecular weight is 367 g/mol. The van der Waals surface area contributed by atoms with Gasteiger partial charge < -0.3 is 9.47 Å². The van der Waals surface area contributed by atoms with Crippen molar-refractivity contribution >= 4 is 16.7 Å². The van der Waals surface area contributed by atoms with E-state index >= 15 is 0 Å². The van der Waals surface area contributed by atoms with Crippen molar-refractivity contribution in [3.8, 4) is 0 Å². The summed E-state index contributed by atoms with van der Waals surface area (Å²) >= 11 is 0. The lowest BCUT2D eigenvalue weighted by Crippen LogP contribution is -2.31. The SMILES string of the molecule is Cc1c(C)n(Cc2ccccc2)c2ccnc(N3CCc4ccccc4C3)c12. The van der Waals surface area contributed by atoms with E-state index in [1.807, 2.05) is 6.20 Å². The summed E-state index contributed by atoms with van der Waals surface area (Å²) < 4.78 is 2.43. The van der Waals surface area contributed by atoms with Crippen LogP contribution in [0.1, 0.15) is 27.9 Å². The van der Waals surface area contributed by atoms with Crippen LogP contribution in [0.5, 0.6) is 0 Å². The Morgan fingerprint density at radius 1 is 0.893 bits per heavy atom. The van der Waals surface area contributed by atoms with Gasteiger partial charge in [-0.2, -0.15) is 0 Å². The molecule has 3 nitrogen and oxygen atoms in total. The standard InChI is InChI=1S/C25H25N3/c1-18-19(2)28(16-20-8-4-3-5-9-20)23-12-14-26-25(24(18)23)27-15-13-21-10-6-7-11-22(21)17-27/h3-12,14H,13,15-17H2,1-2H3. The summed E-state index contributed by atoms with van der Waals surface area (Å²) in [6.45, 7) is 7.31. The molecule has 0 atom stereocenters. The second-order valence-corrected chi connectivity index (χ2v) is 7.75. The van der Waals surface area contributed by atoms with Crippen molar-refractivity contribution in [2.24, 2.45) is 0 Å². The number of aryl methyl sites for hydroxylation is 1. The Hall–Kier alpha value is -3.07. The van der Waals surface area contributed by atoms with Gasteiger partial charge in [0.25, 0.3) is 0 Å². The molecule has 4 aromatic rings. The van der Waals surface area contributed by atoms with Crippen molar-refractivity contribution in [1.82, 2.24) is 9.55 Å². The highest BCUT2D eigenvalue weighted by atomic mass is 15.2. The number of aromatic nitrogens is 2. The van der Waals surface area contributed by atoms with Gasteiger partial charge in [0.1, 0.15) is 5.82 Å². The fourth-order valence-electron chi connectivity index (χ4n) is 4.48. The second-order valence-electron chi connectivity index (χ2n) is 7.75. The molecule has 3 heterocycles. The number of rotatable bonds is 3. The topological polar surface area (TPSA) is 21.1 Å². The number of fused-ring (bicyclic) bond motifs is 2. The molecule has 0 saturated heterocycles. The molecule has 0 radical (unpaired) electrons. The Morgan fingerprint density at radius 3 is 2.46 bits per heavy atom. The lowest BCUT2D eigenvalue weighted by atomic mass is 9.99. The zero-order valence-electron chi connectivity index (χ0n) is 16.5. The van der Waals surface area contributed by atoms with Crippen LogP contribution < -0.4 is 4.90 Å². The van der Waals surface area contributed by atoms with E-state index in [0.717, 1.165) is 31.9 Å². The maximum absolute atomic E-state index is 4.84. The summed E-state index contributed by atoms with van der Waals surface area (Å²) in [6.07, 6.45) is 3.05. The van der Waals surface area contributed by atoms with E-state index in [9.17, 15) is 0 Å². The fraction of sp³-hybridized carbons (Fsp3) is 0.240. The Kier molecular flexibility index (Phi) is 4.16.